The van der Waals surface area contributed by atoms with Crippen LogP contribution in [0.15, 0.2) is 69.6 Å². The molecule has 0 saturated heterocycles. The fraction of sp³-hybridized carbons (Fsp3) is 0.100. The lowest BCUT2D eigenvalue weighted by molar-refractivity contribution is -0.389. The molecule has 0 amide bonds. The SMILES string of the molecule is Cc1cc([N+](=O)[O-])nn1Cn1nc(-c2cccc(Br)c2)cc1-c1cccc(Br)c1. The molecule has 0 bridgehead atoms. The average molecular weight is 517 g/mol. The quantitative estimate of drug-likeness (QED) is 0.253. The van der Waals surface area contributed by atoms with Crippen molar-refractivity contribution in [2.45, 2.75) is 13.6 Å². The second-order valence-electron chi connectivity index (χ2n) is 6.48. The highest BCUT2D eigenvalue weighted by Crippen LogP contribution is 2.29. The molecule has 2 heterocycles. The molecule has 0 fully saturated rings. The van der Waals surface area contributed by atoms with E-state index in [-0.39, 0.29) is 12.5 Å². The highest BCUT2D eigenvalue weighted by molar-refractivity contribution is 9.10. The number of halogens is 2. The van der Waals surface area contributed by atoms with E-state index >= 15 is 0 Å². The van der Waals surface area contributed by atoms with E-state index in [0.29, 0.717) is 5.69 Å². The Hall–Kier alpha value is -2.78. The molecule has 0 N–H and O–H groups in total. The molecule has 0 radical (unpaired) electrons. The topological polar surface area (TPSA) is 78.8 Å². The van der Waals surface area contributed by atoms with Gasteiger partial charge in [-0.2, -0.15) is 9.78 Å². The summed E-state index contributed by atoms with van der Waals surface area (Å²) in [6.45, 7) is 2.05. The average Bonchev–Trinajstić information content (AvgIpc) is 3.26. The van der Waals surface area contributed by atoms with E-state index in [1.54, 1.807) is 11.6 Å². The van der Waals surface area contributed by atoms with E-state index in [4.69, 9.17) is 5.10 Å². The predicted molar refractivity (Wildman–Crippen MR) is 118 cm³/mol. The number of nitrogens with zero attached hydrogens (tertiary/aromatic N) is 5. The molecule has 0 aliphatic heterocycles. The number of aryl methyl sites for hydroxylation is 1. The summed E-state index contributed by atoms with van der Waals surface area (Å²) in [6, 6.07) is 19.3. The fourth-order valence-corrected chi connectivity index (χ4v) is 3.84. The van der Waals surface area contributed by atoms with Crippen LogP contribution in [0.5, 0.6) is 0 Å². The van der Waals surface area contributed by atoms with Crippen LogP contribution >= 0.6 is 31.9 Å². The third-order valence-electron chi connectivity index (χ3n) is 4.44. The molecule has 9 heteroatoms. The first-order valence-corrected chi connectivity index (χ1v) is 10.3. The van der Waals surface area contributed by atoms with Gasteiger partial charge in [-0.15, -0.1) is 0 Å². The summed E-state index contributed by atoms with van der Waals surface area (Å²) in [7, 11) is 0. The zero-order valence-corrected chi connectivity index (χ0v) is 18.5. The Kier molecular flexibility index (Phi) is 5.33. The van der Waals surface area contributed by atoms with Gasteiger partial charge in [0.25, 0.3) is 0 Å². The molecule has 2 aromatic heterocycles. The van der Waals surface area contributed by atoms with Gasteiger partial charge in [0, 0.05) is 20.1 Å². The highest BCUT2D eigenvalue weighted by atomic mass is 79.9. The minimum atomic E-state index is -0.491. The van der Waals surface area contributed by atoms with Crippen LogP contribution in [0.1, 0.15) is 5.69 Å². The van der Waals surface area contributed by atoms with Crippen molar-refractivity contribution in [2.75, 3.05) is 0 Å². The third-order valence-corrected chi connectivity index (χ3v) is 5.43. The number of aromatic nitrogens is 4. The highest BCUT2D eigenvalue weighted by Gasteiger charge is 2.18. The standard InChI is InChI=1S/C20H15Br2N5O2/c1-13-8-20(27(28)29)24-25(13)12-26-19(15-5-3-7-17(22)10-15)11-18(23-26)14-4-2-6-16(21)9-14/h2-11H,12H2,1H3. The van der Waals surface area contributed by atoms with Crippen LogP contribution in [0.4, 0.5) is 5.82 Å². The number of rotatable bonds is 5. The van der Waals surface area contributed by atoms with Gasteiger partial charge in [-0.05, 0) is 42.2 Å². The number of nitro groups is 1. The molecule has 4 aromatic rings. The summed E-state index contributed by atoms with van der Waals surface area (Å²) in [6.07, 6.45) is 0. The van der Waals surface area contributed by atoms with E-state index in [0.717, 1.165) is 31.5 Å². The number of benzene rings is 2. The first kappa shape index (κ1) is 19.5. The Labute approximate surface area is 183 Å². The number of hydrogen-bond acceptors (Lipinski definition) is 4. The minimum absolute atomic E-state index is 0.175. The van der Waals surface area contributed by atoms with Gasteiger partial charge in [-0.3, -0.25) is 0 Å². The Morgan fingerprint density at radius 1 is 0.931 bits per heavy atom. The maximum atomic E-state index is 11.1. The molecule has 0 aliphatic rings. The van der Waals surface area contributed by atoms with Crippen molar-refractivity contribution in [1.82, 2.24) is 19.6 Å². The van der Waals surface area contributed by atoms with Gasteiger partial charge in [0.05, 0.1) is 28.2 Å². The third kappa shape index (κ3) is 4.15. The van der Waals surface area contributed by atoms with Crippen molar-refractivity contribution in [3.63, 3.8) is 0 Å². The van der Waals surface area contributed by atoms with Gasteiger partial charge < -0.3 is 10.1 Å². The van der Waals surface area contributed by atoms with Crippen molar-refractivity contribution in [3.05, 3.63) is 85.4 Å². The Balaban J connectivity index is 1.82. The fourth-order valence-electron chi connectivity index (χ4n) is 3.05. The Morgan fingerprint density at radius 2 is 1.59 bits per heavy atom. The van der Waals surface area contributed by atoms with E-state index in [9.17, 15) is 10.1 Å². The second kappa shape index (κ2) is 7.92. The molecule has 0 aliphatic carbocycles. The first-order chi connectivity index (χ1) is 13.9. The van der Waals surface area contributed by atoms with E-state index < -0.39 is 4.92 Å². The zero-order chi connectivity index (χ0) is 20.5. The largest absolute Gasteiger partial charge is 0.390 e. The predicted octanol–water partition coefficient (Wildman–Crippen LogP) is 5.66. The normalized spacial score (nSPS) is 11.0. The zero-order valence-electron chi connectivity index (χ0n) is 15.3. The summed E-state index contributed by atoms with van der Waals surface area (Å²) in [4.78, 5) is 10.6. The molecule has 146 valence electrons. The molecule has 7 nitrogen and oxygen atoms in total. The lowest BCUT2D eigenvalue weighted by Crippen LogP contribution is -2.13. The van der Waals surface area contributed by atoms with Gasteiger partial charge in [-0.1, -0.05) is 56.1 Å². The molecule has 2 aromatic carbocycles. The molecule has 4 rings (SSSR count). The van der Waals surface area contributed by atoms with E-state index in [2.05, 4.69) is 37.0 Å². The van der Waals surface area contributed by atoms with Crippen LogP contribution in [-0.4, -0.2) is 24.5 Å². The van der Waals surface area contributed by atoms with Crippen molar-refractivity contribution >= 4 is 37.7 Å². The molecule has 0 atom stereocenters. The van der Waals surface area contributed by atoms with Crippen LogP contribution in [0.2, 0.25) is 0 Å². The summed E-state index contributed by atoms with van der Waals surface area (Å²) in [5, 5.41) is 19.9. The molecule has 0 unspecified atom stereocenters. The van der Waals surface area contributed by atoms with E-state index in [1.807, 2.05) is 59.3 Å². The van der Waals surface area contributed by atoms with Crippen LogP contribution in [0.25, 0.3) is 22.5 Å². The lowest BCUT2D eigenvalue weighted by Gasteiger charge is -2.07. The molecular formula is C20H15Br2N5O2. The van der Waals surface area contributed by atoms with Gasteiger partial charge in [0.2, 0.25) is 0 Å². The summed E-state index contributed by atoms with van der Waals surface area (Å²) >= 11 is 7.01. The van der Waals surface area contributed by atoms with Gasteiger partial charge >= 0.3 is 5.82 Å². The molecular weight excluding hydrogens is 502 g/mol. The molecule has 29 heavy (non-hydrogen) atoms. The van der Waals surface area contributed by atoms with E-state index in [1.165, 1.54) is 6.07 Å². The Morgan fingerprint density at radius 3 is 2.21 bits per heavy atom. The number of hydrogen-bond donors (Lipinski definition) is 0. The molecule has 0 saturated carbocycles. The maximum absolute atomic E-state index is 11.1. The lowest BCUT2D eigenvalue weighted by atomic mass is 10.1. The summed E-state index contributed by atoms with van der Waals surface area (Å²) in [5.74, 6) is -0.175. The Bertz CT molecular complexity index is 1220. The summed E-state index contributed by atoms with van der Waals surface area (Å²) < 4.78 is 5.31. The van der Waals surface area contributed by atoms with Crippen molar-refractivity contribution in [1.29, 1.82) is 0 Å². The second-order valence-corrected chi connectivity index (χ2v) is 8.31. The maximum Gasteiger partial charge on any atom is 0.390 e. The first-order valence-electron chi connectivity index (χ1n) is 8.69. The van der Waals surface area contributed by atoms with Crippen LogP contribution < -0.4 is 0 Å². The van der Waals surface area contributed by atoms with Crippen molar-refractivity contribution < 1.29 is 4.92 Å². The smallest absolute Gasteiger partial charge is 0.358 e. The van der Waals surface area contributed by atoms with Crippen LogP contribution in [0.3, 0.4) is 0 Å². The minimum Gasteiger partial charge on any atom is -0.358 e. The van der Waals surface area contributed by atoms with Crippen molar-refractivity contribution in [2.24, 2.45) is 0 Å². The molecule has 0 spiro atoms. The van der Waals surface area contributed by atoms with Gasteiger partial charge in [0.15, 0.2) is 6.67 Å². The van der Waals surface area contributed by atoms with Crippen LogP contribution in [0, 0.1) is 17.0 Å². The van der Waals surface area contributed by atoms with Gasteiger partial charge in [0.1, 0.15) is 0 Å². The summed E-state index contributed by atoms with van der Waals surface area (Å²) in [5.41, 5.74) is 4.33. The van der Waals surface area contributed by atoms with Crippen molar-refractivity contribution in [3.8, 4) is 22.5 Å². The van der Waals surface area contributed by atoms with Crippen LogP contribution in [-0.2, 0) is 6.67 Å². The monoisotopic (exact) mass is 515 g/mol. The van der Waals surface area contributed by atoms with Gasteiger partial charge in [-0.25, -0.2) is 4.68 Å².